The number of hydrogen-bond acceptors (Lipinski definition) is 1. The van der Waals surface area contributed by atoms with Gasteiger partial charge in [-0.25, -0.2) is 8.78 Å². The maximum Gasteiger partial charge on any atom is 0.383 e. The Bertz CT molecular complexity index is 461. The Hall–Kier alpha value is -0.530. The van der Waals surface area contributed by atoms with Crippen LogP contribution in [-0.2, 0) is 4.79 Å². The molecule has 0 aliphatic rings. The molecule has 0 saturated heterocycles. The zero-order valence-electron chi connectivity index (χ0n) is 8.29. The van der Waals surface area contributed by atoms with Gasteiger partial charge in [-0.3, -0.25) is 4.79 Å². The first-order chi connectivity index (χ1) is 8.16. The molecular weight excluding hydrogens is 365 g/mol. The van der Waals surface area contributed by atoms with E-state index >= 15 is 0 Å². The maximum atomic E-state index is 12.7. The van der Waals surface area contributed by atoms with Crippen LogP contribution in [0.5, 0.6) is 0 Å². The molecule has 9 heteroatoms. The molecule has 18 heavy (non-hydrogen) atoms. The van der Waals surface area contributed by atoms with E-state index in [0.717, 1.165) is 0 Å². The maximum absolute atomic E-state index is 12.7. The largest absolute Gasteiger partial charge is 0.383 e. The van der Waals surface area contributed by atoms with Crippen molar-refractivity contribution < 1.29 is 22.4 Å². The molecule has 1 aromatic carbocycles. The fraction of sp³-hybridized carbons (Fsp3) is 0.222. The summed E-state index contributed by atoms with van der Waals surface area (Å²) in [5.41, 5.74) is -0.355. The molecule has 0 bridgehead atoms. The van der Waals surface area contributed by atoms with Crippen molar-refractivity contribution in [2.45, 2.75) is 12.3 Å². The Morgan fingerprint density at radius 3 is 2.11 bits per heavy atom. The van der Waals surface area contributed by atoms with Gasteiger partial charge >= 0.3 is 18.3 Å². The second-order valence-electron chi connectivity index (χ2n) is 3.12. The summed E-state index contributed by atoms with van der Waals surface area (Å²) in [6.07, 6.45) is -4.12. The number of carbonyl (C=O) groups is 1. The normalized spacial score (nSPS) is 11.8. The molecule has 1 aromatic rings. The van der Waals surface area contributed by atoms with Crippen molar-refractivity contribution >= 4 is 50.7 Å². The zero-order chi connectivity index (χ0) is 14.1. The highest BCUT2D eigenvalue weighted by atomic mass is 79.9. The Kier molecular flexibility index (Phi) is 4.85. The molecule has 0 radical (unpaired) electrons. The van der Waals surface area contributed by atoms with Gasteiger partial charge in [-0.05, 0) is 12.1 Å². The van der Waals surface area contributed by atoms with Crippen LogP contribution in [0.15, 0.2) is 16.6 Å². The molecule has 0 fully saturated rings. The standard InChI is InChI=1S/C9H4BrCl2F4NO/c10-3-1-4(11)6(5(12)2-3)17-8(18)9(15,16)7(13)14/h1-2,7H,(H,17,18). The van der Waals surface area contributed by atoms with Crippen molar-refractivity contribution in [3.05, 3.63) is 26.7 Å². The summed E-state index contributed by atoms with van der Waals surface area (Å²) in [5, 5.41) is 1.25. The van der Waals surface area contributed by atoms with E-state index < -0.39 is 18.3 Å². The Labute approximate surface area is 117 Å². The van der Waals surface area contributed by atoms with Crippen LogP contribution in [0.4, 0.5) is 23.2 Å². The first kappa shape index (κ1) is 15.5. The van der Waals surface area contributed by atoms with Gasteiger partial charge in [0.2, 0.25) is 0 Å². The van der Waals surface area contributed by atoms with E-state index in [1.165, 1.54) is 12.1 Å². The lowest BCUT2D eigenvalue weighted by Crippen LogP contribution is -2.41. The van der Waals surface area contributed by atoms with E-state index in [4.69, 9.17) is 23.2 Å². The van der Waals surface area contributed by atoms with Crippen LogP contribution in [0.25, 0.3) is 0 Å². The van der Waals surface area contributed by atoms with Crippen molar-refractivity contribution in [3.63, 3.8) is 0 Å². The van der Waals surface area contributed by atoms with Gasteiger partial charge in [0.1, 0.15) is 0 Å². The topological polar surface area (TPSA) is 29.1 Å². The predicted molar refractivity (Wildman–Crippen MR) is 63.7 cm³/mol. The molecule has 0 saturated carbocycles. The lowest BCUT2D eigenvalue weighted by Gasteiger charge is -2.16. The molecule has 0 aliphatic heterocycles. The number of benzene rings is 1. The number of amides is 1. The summed E-state index contributed by atoms with van der Waals surface area (Å²) in [4.78, 5) is 11.0. The van der Waals surface area contributed by atoms with E-state index in [1.54, 1.807) is 5.32 Å². The summed E-state index contributed by atoms with van der Waals surface area (Å²) in [6.45, 7) is 0. The number of anilines is 1. The quantitative estimate of drug-likeness (QED) is 0.776. The molecule has 0 aliphatic carbocycles. The number of halogens is 7. The van der Waals surface area contributed by atoms with E-state index in [9.17, 15) is 22.4 Å². The highest BCUT2D eigenvalue weighted by Crippen LogP contribution is 2.35. The van der Waals surface area contributed by atoms with Crippen LogP contribution in [0.2, 0.25) is 10.0 Å². The third-order valence-electron chi connectivity index (χ3n) is 1.82. The van der Waals surface area contributed by atoms with Crippen LogP contribution < -0.4 is 5.32 Å². The van der Waals surface area contributed by atoms with Gasteiger partial charge in [-0.2, -0.15) is 8.78 Å². The molecule has 1 N–H and O–H groups in total. The Balaban J connectivity index is 3.03. The predicted octanol–water partition coefficient (Wildman–Crippen LogP) is 4.59. The third kappa shape index (κ3) is 3.27. The van der Waals surface area contributed by atoms with Crippen molar-refractivity contribution in [2.75, 3.05) is 5.32 Å². The van der Waals surface area contributed by atoms with Gasteiger partial charge in [0, 0.05) is 4.47 Å². The Morgan fingerprint density at radius 1 is 1.28 bits per heavy atom. The summed E-state index contributed by atoms with van der Waals surface area (Å²) in [7, 11) is 0. The van der Waals surface area contributed by atoms with E-state index in [0.29, 0.717) is 4.47 Å². The van der Waals surface area contributed by atoms with Crippen LogP contribution in [-0.4, -0.2) is 18.3 Å². The molecule has 0 atom stereocenters. The van der Waals surface area contributed by atoms with Gasteiger partial charge in [0.15, 0.2) is 0 Å². The molecule has 1 amide bonds. The second kappa shape index (κ2) is 5.63. The smallest absolute Gasteiger partial charge is 0.318 e. The molecule has 100 valence electrons. The van der Waals surface area contributed by atoms with E-state index in [2.05, 4.69) is 15.9 Å². The number of nitrogens with one attached hydrogen (secondary N) is 1. The molecule has 0 unspecified atom stereocenters. The first-order valence-corrected chi connectivity index (χ1v) is 5.83. The van der Waals surface area contributed by atoms with Crippen molar-refractivity contribution in [1.29, 1.82) is 0 Å². The third-order valence-corrected chi connectivity index (χ3v) is 2.88. The fourth-order valence-electron chi connectivity index (χ4n) is 0.958. The van der Waals surface area contributed by atoms with Crippen molar-refractivity contribution in [1.82, 2.24) is 0 Å². The second-order valence-corrected chi connectivity index (χ2v) is 4.85. The average molecular weight is 369 g/mol. The zero-order valence-corrected chi connectivity index (χ0v) is 11.4. The number of carbonyl (C=O) groups excluding carboxylic acids is 1. The van der Waals surface area contributed by atoms with Crippen LogP contribution in [0, 0.1) is 0 Å². The van der Waals surface area contributed by atoms with Crippen LogP contribution in [0.3, 0.4) is 0 Å². The summed E-state index contributed by atoms with van der Waals surface area (Å²) < 4.78 is 49.8. The monoisotopic (exact) mass is 367 g/mol. The summed E-state index contributed by atoms with van der Waals surface area (Å²) in [5.74, 6) is -7.00. The van der Waals surface area contributed by atoms with Gasteiger partial charge in [0.25, 0.3) is 0 Å². The van der Waals surface area contributed by atoms with E-state index in [1.807, 2.05) is 0 Å². The lowest BCUT2D eigenvalue weighted by molar-refractivity contribution is -0.163. The number of rotatable bonds is 3. The molecular formula is C9H4BrCl2F4NO. The minimum atomic E-state index is -4.82. The highest BCUT2D eigenvalue weighted by Gasteiger charge is 2.49. The lowest BCUT2D eigenvalue weighted by atomic mass is 10.2. The number of alkyl halides is 4. The first-order valence-electron chi connectivity index (χ1n) is 4.28. The minimum absolute atomic E-state index is 0.159. The van der Waals surface area contributed by atoms with E-state index in [-0.39, 0.29) is 15.7 Å². The molecule has 1 rings (SSSR count). The van der Waals surface area contributed by atoms with Gasteiger partial charge < -0.3 is 5.32 Å². The van der Waals surface area contributed by atoms with Crippen LogP contribution >= 0.6 is 39.1 Å². The fourth-order valence-corrected chi connectivity index (χ4v) is 2.26. The minimum Gasteiger partial charge on any atom is -0.318 e. The average Bonchev–Trinajstić information content (AvgIpc) is 2.22. The SMILES string of the molecule is O=C(Nc1c(Cl)cc(Br)cc1Cl)C(F)(F)C(F)F. The summed E-state index contributed by atoms with van der Waals surface area (Å²) >= 11 is 14.3. The molecule has 2 nitrogen and oxygen atoms in total. The van der Waals surface area contributed by atoms with Crippen molar-refractivity contribution in [3.8, 4) is 0 Å². The molecule has 0 spiro atoms. The van der Waals surface area contributed by atoms with Gasteiger partial charge in [-0.15, -0.1) is 0 Å². The highest BCUT2D eigenvalue weighted by molar-refractivity contribution is 9.10. The molecule has 0 heterocycles. The van der Waals surface area contributed by atoms with Gasteiger partial charge in [0.05, 0.1) is 15.7 Å². The van der Waals surface area contributed by atoms with Crippen molar-refractivity contribution in [2.24, 2.45) is 0 Å². The van der Waals surface area contributed by atoms with Gasteiger partial charge in [-0.1, -0.05) is 39.1 Å². The summed E-state index contributed by atoms with van der Waals surface area (Å²) in [6, 6.07) is 2.53. The van der Waals surface area contributed by atoms with Crippen LogP contribution in [0.1, 0.15) is 0 Å². The Morgan fingerprint density at radius 2 is 1.72 bits per heavy atom. The number of hydrogen-bond donors (Lipinski definition) is 1. The molecule has 0 aromatic heterocycles.